The lowest BCUT2D eigenvalue weighted by atomic mass is 10.1. The Labute approximate surface area is 121 Å². The Morgan fingerprint density at radius 3 is 2.50 bits per heavy atom. The second-order valence-corrected chi connectivity index (χ2v) is 5.18. The van der Waals surface area contributed by atoms with Gasteiger partial charge in [-0.15, -0.1) is 0 Å². The summed E-state index contributed by atoms with van der Waals surface area (Å²) in [7, 11) is 0. The molecule has 1 rings (SSSR count). The van der Waals surface area contributed by atoms with E-state index in [1.165, 1.54) is 0 Å². The van der Waals surface area contributed by atoms with Gasteiger partial charge in [-0.3, -0.25) is 4.79 Å². The number of amides is 1. The first-order valence-electron chi connectivity index (χ1n) is 7.26. The zero-order valence-electron chi connectivity index (χ0n) is 12.9. The monoisotopic (exact) mass is 278 g/mol. The first-order chi connectivity index (χ1) is 9.47. The number of carbonyl (C=O) groups is 1. The topological polar surface area (TPSA) is 64.3 Å². The van der Waals surface area contributed by atoms with E-state index in [4.69, 9.17) is 10.5 Å². The number of hydrogen-bond acceptors (Lipinski definition) is 3. The third-order valence-corrected chi connectivity index (χ3v) is 3.43. The van der Waals surface area contributed by atoms with Crippen LogP contribution in [0.15, 0.2) is 18.2 Å². The summed E-state index contributed by atoms with van der Waals surface area (Å²) in [5.41, 5.74) is 7.90. The maximum Gasteiger partial charge on any atom is 0.258 e. The predicted molar refractivity (Wildman–Crippen MR) is 81.8 cm³/mol. The fourth-order valence-electron chi connectivity index (χ4n) is 2.02. The Hall–Kier alpha value is -1.55. The molecule has 1 atom stereocenters. The Bertz CT molecular complexity index is 440. The third kappa shape index (κ3) is 4.85. The molecule has 1 aromatic rings. The van der Waals surface area contributed by atoms with Crippen molar-refractivity contribution in [3.05, 3.63) is 29.3 Å². The zero-order chi connectivity index (χ0) is 15.1. The predicted octanol–water partition coefficient (Wildman–Crippen LogP) is 2.70. The van der Waals surface area contributed by atoms with E-state index in [0.29, 0.717) is 0 Å². The standard InChI is InChI=1S/C16H26N2O2/c1-5-14(6-2)18-16(19)10-20-15-8-7-13(12(4)17)9-11(15)3/h7-9,12,14H,5-6,10,17H2,1-4H3,(H,18,19)/t12-/m1/s1. The number of benzene rings is 1. The quantitative estimate of drug-likeness (QED) is 0.806. The third-order valence-electron chi connectivity index (χ3n) is 3.43. The highest BCUT2D eigenvalue weighted by molar-refractivity contribution is 5.77. The minimum atomic E-state index is -0.0747. The number of aryl methyl sites for hydroxylation is 1. The van der Waals surface area contributed by atoms with Crippen molar-refractivity contribution in [2.24, 2.45) is 5.73 Å². The lowest BCUT2D eigenvalue weighted by Crippen LogP contribution is -2.37. The minimum Gasteiger partial charge on any atom is -0.484 e. The Balaban J connectivity index is 2.55. The molecule has 0 spiro atoms. The second-order valence-electron chi connectivity index (χ2n) is 5.18. The van der Waals surface area contributed by atoms with Gasteiger partial charge < -0.3 is 15.8 Å². The molecule has 0 aliphatic carbocycles. The fourth-order valence-corrected chi connectivity index (χ4v) is 2.02. The van der Waals surface area contributed by atoms with Gasteiger partial charge in [0.05, 0.1) is 0 Å². The Kier molecular flexibility index (Phi) is 6.52. The van der Waals surface area contributed by atoms with Crippen molar-refractivity contribution in [3.8, 4) is 5.75 Å². The van der Waals surface area contributed by atoms with Crippen LogP contribution in [0.2, 0.25) is 0 Å². The fraction of sp³-hybridized carbons (Fsp3) is 0.562. The van der Waals surface area contributed by atoms with Crippen molar-refractivity contribution < 1.29 is 9.53 Å². The second kappa shape index (κ2) is 7.90. The van der Waals surface area contributed by atoms with Gasteiger partial charge in [0.2, 0.25) is 0 Å². The van der Waals surface area contributed by atoms with Gasteiger partial charge in [-0.1, -0.05) is 26.0 Å². The average molecular weight is 278 g/mol. The van der Waals surface area contributed by atoms with E-state index in [9.17, 15) is 4.79 Å². The van der Waals surface area contributed by atoms with Crippen molar-refractivity contribution in [1.29, 1.82) is 0 Å². The summed E-state index contributed by atoms with van der Waals surface area (Å²) in [6, 6.07) is 6.04. The molecule has 0 saturated heterocycles. The largest absolute Gasteiger partial charge is 0.484 e. The van der Waals surface area contributed by atoms with E-state index in [1.54, 1.807) is 0 Å². The SMILES string of the molecule is CCC(CC)NC(=O)COc1ccc([C@@H](C)N)cc1C. The molecule has 0 radical (unpaired) electrons. The van der Waals surface area contributed by atoms with Gasteiger partial charge in [-0.2, -0.15) is 0 Å². The maximum absolute atomic E-state index is 11.8. The van der Waals surface area contributed by atoms with Gasteiger partial charge in [-0.05, 0) is 43.9 Å². The van der Waals surface area contributed by atoms with Gasteiger partial charge in [0.1, 0.15) is 5.75 Å². The van der Waals surface area contributed by atoms with Crippen LogP contribution in [0.3, 0.4) is 0 Å². The van der Waals surface area contributed by atoms with Crippen molar-refractivity contribution >= 4 is 5.91 Å². The first-order valence-corrected chi connectivity index (χ1v) is 7.26. The van der Waals surface area contributed by atoms with E-state index in [1.807, 2.05) is 32.0 Å². The van der Waals surface area contributed by atoms with Crippen LogP contribution in [0.1, 0.15) is 50.8 Å². The molecule has 20 heavy (non-hydrogen) atoms. The van der Waals surface area contributed by atoms with Crippen molar-refractivity contribution in [3.63, 3.8) is 0 Å². The Morgan fingerprint density at radius 2 is 2.00 bits per heavy atom. The molecular formula is C16H26N2O2. The van der Waals surface area contributed by atoms with E-state index in [0.717, 1.165) is 29.7 Å². The zero-order valence-corrected chi connectivity index (χ0v) is 12.9. The summed E-state index contributed by atoms with van der Waals surface area (Å²) in [4.78, 5) is 11.8. The lowest BCUT2D eigenvalue weighted by molar-refractivity contribution is -0.123. The normalized spacial score (nSPS) is 12.3. The molecular weight excluding hydrogens is 252 g/mol. The van der Waals surface area contributed by atoms with Crippen LogP contribution in [0.5, 0.6) is 5.75 Å². The average Bonchev–Trinajstić information content (AvgIpc) is 2.43. The molecule has 1 aromatic carbocycles. The van der Waals surface area contributed by atoms with Crippen LogP contribution in [-0.2, 0) is 4.79 Å². The smallest absolute Gasteiger partial charge is 0.258 e. The van der Waals surface area contributed by atoms with Gasteiger partial charge >= 0.3 is 0 Å². The highest BCUT2D eigenvalue weighted by Crippen LogP contribution is 2.21. The summed E-state index contributed by atoms with van der Waals surface area (Å²) in [5, 5.41) is 2.95. The number of rotatable bonds is 7. The molecule has 0 aliphatic heterocycles. The first kappa shape index (κ1) is 16.5. The molecule has 1 amide bonds. The molecule has 4 nitrogen and oxygen atoms in total. The van der Waals surface area contributed by atoms with Crippen molar-refractivity contribution in [2.45, 2.75) is 52.6 Å². The number of hydrogen-bond donors (Lipinski definition) is 2. The summed E-state index contributed by atoms with van der Waals surface area (Å²) in [6.45, 7) is 8.07. The number of ether oxygens (including phenoxy) is 1. The summed E-state index contributed by atoms with van der Waals surface area (Å²) in [5.74, 6) is 0.656. The van der Waals surface area contributed by atoms with E-state index in [2.05, 4.69) is 19.2 Å². The highest BCUT2D eigenvalue weighted by Gasteiger charge is 2.10. The minimum absolute atomic E-state index is 0.000847. The number of carbonyl (C=O) groups excluding carboxylic acids is 1. The summed E-state index contributed by atoms with van der Waals surface area (Å²) in [6.07, 6.45) is 1.87. The number of nitrogens with one attached hydrogen (secondary N) is 1. The molecule has 0 saturated carbocycles. The highest BCUT2D eigenvalue weighted by atomic mass is 16.5. The lowest BCUT2D eigenvalue weighted by Gasteiger charge is -2.16. The number of nitrogens with two attached hydrogens (primary N) is 1. The molecule has 0 fully saturated rings. The van der Waals surface area contributed by atoms with Crippen LogP contribution in [0.4, 0.5) is 0 Å². The van der Waals surface area contributed by atoms with Crippen LogP contribution < -0.4 is 15.8 Å². The van der Waals surface area contributed by atoms with Crippen LogP contribution in [0.25, 0.3) is 0 Å². The van der Waals surface area contributed by atoms with Gasteiger partial charge in [0.15, 0.2) is 6.61 Å². The van der Waals surface area contributed by atoms with E-state index < -0.39 is 0 Å². The van der Waals surface area contributed by atoms with Crippen LogP contribution in [0, 0.1) is 6.92 Å². The molecule has 0 unspecified atom stereocenters. The van der Waals surface area contributed by atoms with E-state index >= 15 is 0 Å². The Morgan fingerprint density at radius 1 is 1.35 bits per heavy atom. The summed E-state index contributed by atoms with van der Waals surface area (Å²) < 4.78 is 5.57. The molecule has 4 heteroatoms. The van der Waals surface area contributed by atoms with Gasteiger partial charge in [-0.25, -0.2) is 0 Å². The molecule has 0 heterocycles. The molecule has 0 aliphatic rings. The molecule has 3 N–H and O–H groups in total. The van der Waals surface area contributed by atoms with E-state index in [-0.39, 0.29) is 24.6 Å². The van der Waals surface area contributed by atoms with Gasteiger partial charge in [0.25, 0.3) is 5.91 Å². The van der Waals surface area contributed by atoms with Crippen molar-refractivity contribution in [2.75, 3.05) is 6.61 Å². The molecule has 112 valence electrons. The van der Waals surface area contributed by atoms with Gasteiger partial charge in [0, 0.05) is 12.1 Å². The molecule has 0 aromatic heterocycles. The van der Waals surface area contributed by atoms with Crippen LogP contribution in [-0.4, -0.2) is 18.6 Å². The van der Waals surface area contributed by atoms with Crippen LogP contribution >= 0.6 is 0 Å². The maximum atomic E-state index is 11.8. The summed E-state index contributed by atoms with van der Waals surface area (Å²) >= 11 is 0. The molecule has 0 bridgehead atoms. The van der Waals surface area contributed by atoms with Crippen molar-refractivity contribution in [1.82, 2.24) is 5.32 Å².